The molecule has 2 aliphatic rings. The van der Waals surface area contributed by atoms with Crippen LogP contribution < -0.4 is 9.46 Å². The molecule has 1 aromatic rings. The minimum atomic E-state index is -3.46. The minimum Gasteiger partial charge on any atom is -0.497 e. The van der Waals surface area contributed by atoms with Crippen molar-refractivity contribution in [3.05, 3.63) is 23.3 Å². The molecule has 2 saturated carbocycles. The highest BCUT2D eigenvalue weighted by Crippen LogP contribution is 2.45. The van der Waals surface area contributed by atoms with E-state index in [1.54, 1.807) is 19.2 Å². The van der Waals surface area contributed by atoms with Crippen LogP contribution in [-0.4, -0.2) is 21.6 Å². The van der Waals surface area contributed by atoms with Gasteiger partial charge in [-0.15, -0.1) is 0 Å². The van der Waals surface area contributed by atoms with Gasteiger partial charge >= 0.3 is 0 Å². The fourth-order valence-electron chi connectivity index (χ4n) is 4.10. The van der Waals surface area contributed by atoms with Crippen molar-refractivity contribution in [2.24, 2.45) is 11.8 Å². The molecule has 1 N–H and O–H groups in total. The van der Waals surface area contributed by atoms with E-state index in [-0.39, 0.29) is 6.04 Å². The summed E-state index contributed by atoms with van der Waals surface area (Å²) in [6.07, 6.45) is 4.62. The lowest BCUT2D eigenvalue weighted by Crippen LogP contribution is -2.38. The second-order valence-corrected chi connectivity index (χ2v) is 8.14. The quantitative estimate of drug-likeness (QED) is 0.930. The Bertz CT molecular complexity index is 630. The topological polar surface area (TPSA) is 55.4 Å². The summed E-state index contributed by atoms with van der Waals surface area (Å²) in [5.41, 5.74) is 1.48. The molecular weight excluding hydrogens is 286 g/mol. The average molecular weight is 309 g/mol. The van der Waals surface area contributed by atoms with Crippen LogP contribution >= 0.6 is 0 Å². The minimum absolute atomic E-state index is 0.120. The van der Waals surface area contributed by atoms with Crippen LogP contribution in [0.5, 0.6) is 5.75 Å². The number of aryl methyl sites for hydroxylation is 2. The van der Waals surface area contributed by atoms with Gasteiger partial charge in [0, 0.05) is 6.04 Å². The Morgan fingerprint density at radius 2 is 1.81 bits per heavy atom. The Kier molecular flexibility index (Phi) is 3.74. The molecule has 0 unspecified atom stereocenters. The van der Waals surface area contributed by atoms with Crippen LogP contribution in [0.1, 0.15) is 36.8 Å². The number of hydrogen-bond acceptors (Lipinski definition) is 3. The predicted molar refractivity (Wildman–Crippen MR) is 82.0 cm³/mol. The summed E-state index contributed by atoms with van der Waals surface area (Å²) in [5, 5.41) is 0. The molecule has 0 spiro atoms. The van der Waals surface area contributed by atoms with Gasteiger partial charge in [0.25, 0.3) is 0 Å². The SMILES string of the molecule is COc1cc(C)c(S(=O)(=O)N[C@@H]2C[C@@H]3CC[C@@H]2C3)c(C)c1. The van der Waals surface area contributed by atoms with Gasteiger partial charge in [-0.3, -0.25) is 0 Å². The Morgan fingerprint density at radius 1 is 1.14 bits per heavy atom. The molecular formula is C16H23NO3S. The standard InChI is InChI=1S/C16H23NO3S/c1-10-6-14(20-3)7-11(2)16(10)21(18,19)17-15-9-12-4-5-13(15)8-12/h6-7,12-13,15,17H,4-5,8-9H2,1-3H3/t12-,13-,15-/m1/s1. The van der Waals surface area contributed by atoms with Crippen LogP contribution in [0.4, 0.5) is 0 Å². The first-order valence-electron chi connectivity index (χ1n) is 7.58. The molecule has 0 heterocycles. The largest absolute Gasteiger partial charge is 0.497 e. The number of nitrogens with one attached hydrogen (secondary N) is 1. The van der Waals surface area contributed by atoms with Crippen LogP contribution in [0.2, 0.25) is 0 Å². The average Bonchev–Trinajstić information content (AvgIpc) is 2.98. The Labute approximate surface area is 126 Å². The molecule has 3 atom stereocenters. The van der Waals surface area contributed by atoms with Crippen LogP contribution in [0, 0.1) is 25.7 Å². The number of sulfonamides is 1. The van der Waals surface area contributed by atoms with Crippen molar-refractivity contribution in [2.75, 3.05) is 7.11 Å². The molecule has 0 aliphatic heterocycles. The zero-order valence-electron chi connectivity index (χ0n) is 12.8. The number of benzene rings is 1. The van der Waals surface area contributed by atoms with E-state index in [1.165, 1.54) is 19.3 Å². The smallest absolute Gasteiger partial charge is 0.241 e. The first-order chi connectivity index (χ1) is 9.90. The van der Waals surface area contributed by atoms with Crippen molar-refractivity contribution in [3.63, 3.8) is 0 Å². The third-order valence-corrected chi connectivity index (χ3v) is 6.78. The zero-order chi connectivity index (χ0) is 15.2. The molecule has 21 heavy (non-hydrogen) atoms. The number of fused-ring (bicyclic) bond motifs is 2. The highest BCUT2D eigenvalue weighted by atomic mass is 32.2. The molecule has 1 aromatic carbocycles. The second-order valence-electron chi connectivity index (χ2n) is 6.49. The molecule has 5 heteroatoms. The molecule has 0 aromatic heterocycles. The predicted octanol–water partition coefficient (Wildman–Crippen LogP) is 2.78. The van der Waals surface area contributed by atoms with E-state index >= 15 is 0 Å². The molecule has 116 valence electrons. The summed E-state index contributed by atoms with van der Waals surface area (Å²) >= 11 is 0. The van der Waals surface area contributed by atoms with Gasteiger partial charge in [-0.05, 0) is 68.2 Å². The van der Waals surface area contributed by atoms with E-state index in [2.05, 4.69) is 4.72 Å². The van der Waals surface area contributed by atoms with Crippen molar-refractivity contribution >= 4 is 10.0 Å². The van der Waals surface area contributed by atoms with Crippen molar-refractivity contribution in [1.82, 2.24) is 4.72 Å². The van der Waals surface area contributed by atoms with E-state index < -0.39 is 10.0 Å². The molecule has 0 radical (unpaired) electrons. The van der Waals surface area contributed by atoms with Crippen LogP contribution in [0.3, 0.4) is 0 Å². The van der Waals surface area contributed by atoms with Crippen molar-refractivity contribution in [3.8, 4) is 5.75 Å². The Morgan fingerprint density at radius 3 is 2.29 bits per heavy atom. The number of methoxy groups -OCH3 is 1. The number of ether oxygens (including phenoxy) is 1. The first-order valence-corrected chi connectivity index (χ1v) is 9.06. The van der Waals surface area contributed by atoms with Gasteiger partial charge in [-0.1, -0.05) is 6.42 Å². The lowest BCUT2D eigenvalue weighted by atomic mass is 9.96. The second kappa shape index (κ2) is 5.29. The monoisotopic (exact) mass is 309 g/mol. The van der Waals surface area contributed by atoms with Gasteiger partial charge in [0.2, 0.25) is 10.0 Å². The molecule has 2 bridgehead atoms. The Balaban J connectivity index is 1.88. The fourth-order valence-corrected chi connectivity index (χ4v) is 5.87. The molecule has 0 amide bonds. The molecule has 0 saturated heterocycles. The summed E-state index contributed by atoms with van der Waals surface area (Å²) in [6.45, 7) is 3.65. The maximum absolute atomic E-state index is 12.8. The van der Waals surface area contributed by atoms with Crippen molar-refractivity contribution in [2.45, 2.75) is 50.5 Å². The van der Waals surface area contributed by atoms with E-state index in [0.29, 0.717) is 16.6 Å². The summed E-state index contributed by atoms with van der Waals surface area (Å²) in [6, 6.07) is 3.68. The van der Waals surface area contributed by atoms with Gasteiger partial charge in [0.05, 0.1) is 12.0 Å². The summed E-state index contributed by atoms with van der Waals surface area (Å²) in [4.78, 5) is 0.408. The highest BCUT2D eigenvalue weighted by molar-refractivity contribution is 7.89. The third kappa shape index (κ3) is 2.69. The molecule has 3 rings (SSSR count). The van der Waals surface area contributed by atoms with Crippen LogP contribution in [0.25, 0.3) is 0 Å². The highest BCUT2D eigenvalue weighted by Gasteiger charge is 2.41. The van der Waals surface area contributed by atoms with Gasteiger partial charge in [-0.2, -0.15) is 0 Å². The summed E-state index contributed by atoms with van der Waals surface area (Å²) in [7, 11) is -1.86. The number of rotatable bonds is 4. The van der Waals surface area contributed by atoms with E-state index in [0.717, 1.165) is 23.5 Å². The fraction of sp³-hybridized carbons (Fsp3) is 0.625. The lowest BCUT2D eigenvalue weighted by molar-refractivity contribution is 0.390. The van der Waals surface area contributed by atoms with E-state index in [9.17, 15) is 8.42 Å². The molecule has 2 fully saturated rings. The van der Waals surface area contributed by atoms with Crippen molar-refractivity contribution < 1.29 is 13.2 Å². The first kappa shape index (κ1) is 14.9. The van der Waals surface area contributed by atoms with E-state index in [4.69, 9.17) is 4.74 Å². The van der Waals surface area contributed by atoms with Crippen LogP contribution in [-0.2, 0) is 10.0 Å². The summed E-state index contributed by atoms with van der Waals surface area (Å²) in [5.74, 6) is 1.95. The van der Waals surface area contributed by atoms with Gasteiger partial charge < -0.3 is 4.74 Å². The molecule has 2 aliphatic carbocycles. The lowest BCUT2D eigenvalue weighted by Gasteiger charge is -2.24. The Hall–Kier alpha value is -1.07. The number of hydrogen-bond donors (Lipinski definition) is 1. The maximum Gasteiger partial charge on any atom is 0.241 e. The normalized spacial score (nSPS) is 28.0. The van der Waals surface area contributed by atoms with E-state index in [1.807, 2.05) is 13.8 Å². The van der Waals surface area contributed by atoms with Gasteiger partial charge in [0.15, 0.2) is 0 Å². The van der Waals surface area contributed by atoms with Crippen molar-refractivity contribution in [1.29, 1.82) is 0 Å². The summed E-state index contributed by atoms with van der Waals surface area (Å²) < 4.78 is 33.7. The third-order valence-electron chi connectivity index (χ3n) is 4.98. The van der Waals surface area contributed by atoms with Crippen LogP contribution in [0.15, 0.2) is 17.0 Å². The van der Waals surface area contributed by atoms with Gasteiger partial charge in [0.1, 0.15) is 5.75 Å². The maximum atomic E-state index is 12.8. The molecule has 4 nitrogen and oxygen atoms in total. The zero-order valence-corrected chi connectivity index (χ0v) is 13.7. The van der Waals surface area contributed by atoms with Gasteiger partial charge in [-0.25, -0.2) is 13.1 Å².